The van der Waals surface area contributed by atoms with E-state index in [1.807, 2.05) is 43.4 Å². The predicted molar refractivity (Wildman–Crippen MR) is 86.1 cm³/mol. The Morgan fingerprint density at radius 3 is 2.81 bits per heavy atom. The third-order valence-corrected chi connectivity index (χ3v) is 4.00. The van der Waals surface area contributed by atoms with Crippen molar-refractivity contribution in [1.82, 2.24) is 0 Å². The summed E-state index contributed by atoms with van der Waals surface area (Å²) >= 11 is 1.58. The fourth-order valence-corrected chi connectivity index (χ4v) is 2.96. The van der Waals surface area contributed by atoms with E-state index in [1.54, 1.807) is 24.5 Å². The molecule has 0 unspecified atom stereocenters. The quantitative estimate of drug-likeness (QED) is 0.830. The molecule has 0 bridgehead atoms. The Balaban J connectivity index is 2.09. The van der Waals surface area contributed by atoms with E-state index in [0.717, 1.165) is 33.8 Å². The number of para-hydroxylation sites is 2. The maximum absolute atomic E-state index is 10.5. The molecule has 0 spiro atoms. The monoisotopic (exact) mass is 303 g/mol. The van der Waals surface area contributed by atoms with Crippen molar-refractivity contribution < 1.29 is 14.6 Å². The molecular formula is C16H17NO3S. The van der Waals surface area contributed by atoms with E-state index in [1.165, 1.54) is 0 Å². The predicted octanol–water partition coefficient (Wildman–Crippen LogP) is 3.49. The number of anilines is 1. The minimum Gasteiger partial charge on any atom is -0.495 e. The Labute approximate surface area is 127 Å². The average Bonchev–Trinajstić information content (AvgIpc) is 2.92. The highest BCUT2D eigenvalue weighted by Crippen LogP contribution is 2.29. The van der Waals surface area contributed by atoms with Gasteiger partial charge in [0.15, 0.2) is 0 Å². The zero-order valence-electron chi connectivity index (χ0n) is 11.9. The SMILES string of the molecule is COc1ccccc1N(C)Cc1ccc(C=CC(=O)O)s1. The summed E-state index contributed by atoms with van der Waals surface area (Å²) < 4.78 is 5.36. The minimum atomic E-state index is -0.934. The van der Waals surface area contributed by atoms with Crippen LogP contribution in [0.15, 0.2) is 42.5 Å². The summed E-state index contributed by atoms with van der Waals surface area (Å²) in [4.78, 5) is 14.7. The number of methoxy groups -OCH3 is 1. The van der Waals surface area contributed by atoms with Gasteiger partial charge in [0.05, 0.1) is 19.3 Å². The maximum atomic E-state index is 10.5. The zero-order chi connectivity index (χ0) is 15.2. The van der Waals surface area contributed by atoms with Crippen molar-refractivity contribution in [1.29, 1.82) is 0 Å². The lowest BCUT2D eigenvalue weighted by Crippen LogP contribution is -2.16. The van der Waals surface area contributed by atoms with Gasteiger partial charge in [0.1, 0.15) is 5.75 Å². The molecule has 0 amide bonds. The summed E-state index contributed by atoms with van der Waals surface area (Å²) in [6.07, 6.45) is 2.76. The average molecular weight is 303 g/mol. The number of aliphatic carboxylic acids is 1. The first-order valence-electron chi connectivity index (χ1n) is 6.44. The van der Waals surface area contributed by atoms with Gasteiger partial charge in [-0.3, -0.25) is 0 Å². The molecule has 2 rings (SSSR count). The summed E-state index contributed by atoms with van der Waals surface area (Å²) in [6, 6.07) is 11.8. The van der Waals surface area contributed by atoms with Crippen LogP contribution in [0.2, 0.25) is 0 Å². The van der Waals surface area contributed by atoms with Gasteiger partial charge in [-0.1, -0.05) is 12.1 Å². The second-order valence-electron chi connectivity index (χ2n) is 4.50. The van der Waals surface area contributed by atoms with E-state index in [2.05, 4.69) is 4.90 Å². The first-order valence-corrected chi connectivity index (χ1v) is 7.25. The van der Waals surface area contributed by atoms with Crippen LogP contribution in [-0.4, -0.2) is 25.2 Å². The lowest BCUT2D eigenvalue weighted by molar-refractivity contribution is -0.131. The first kappa shape index (κ1) is 15.1. The summed E-state index contributed by atoms with van der Waals surface area (Å²) in [6.45, 7) is 0.742. The van der Waals surface area contributed by atoms with Crippen LogP contribution in [0.1, 0.15) is 9.75 Å². The Morgan fingerprint density at radius 2 is 2.10 bits per heavy atom. The molecule has 4 nitrogen and oxygen atoms in total. The number of thiophene rings is 1. The number of hydrogen-bond acceptors (Lipinski definition) is 4. The molecule has 1 aromatic carbocycles. The molecule has 1 aromatic heterocycles. The summed E-state index contributed by atoms with van der Waals surface area (Å²) in [5.41, 5.74) is 1.02. The second kappa shape index (κ2) is 6.95. The third kappa shape index (κ3) is 4.10. The molecular weight excluding hydrogens is 286 g/mol. The van der Waals surface area contributed by atoms with E-state index < -0.39 is 5.97 Å². The van der Waals surface area contributed by atoms with E-state index in [4.69, 9.17) is 9.84 Å². The molecule has 5 heteroatoms. The van der Waals surface area contributed by atoms with Gasteiger partial charge >= 0.3 is 5.97 Å². The highest BCUT2D eigenvalue weighted by molar-refractivity contribution is 7.12. The molecule has 0 aliphatic carbocycles. The highest BCUT2D eigenvalue weighted by atomic mass is 32.1. The van der Waals surface area contributed by atoms with Crippen LogP contribution in [0.25, 0.3) is 6.08 Å². The Kier molecular flexibility index (Phi) is 5.00. The molecule has 0 aliphatic heterocycles. The molecule has 0 fully saturated rings. The molecule has 0 saturated carbocycles. The minimum absolute atomic E-state index is 0.742. The third-order valence-electron chi connectivity index (χ3n) is 2.96. The fraction of sp³-hybridized carbons (Fsp3) is 0.188. The summed E-state index contributed by atoms with van der Waals surface area (Å²) in [7, 11) is 3.66. The van der Waals surface area contributed by atoms with Gasteiger partial charge in [-0.25, -0.2) is 4.79 Å². The second-order valence-corrected chi connectivity index (χ2v) is 5.70. The lowest BCUT2D eigenvalue weighted by Gasteiger charge is -2.20. The molecule has 21 heavy (non-hydrogen) atoms. The van der Waals surface area contributed by atoms with Crippen LogP contribution in [-0.2, 0) is 11.3 Å². The number of rotatable bonds is 6. The maximum Gasteiger partial charge on any atom is 0.328 e. The van der Waals surface area contributed by atoms with Crippen molar-refractivity contribution in [2.24, 2.45) is 0 Å². The van der Waals surface area contributed by atoms with Gasteiger partial charge in [-0.2, -0.15) is 0 Å². The van der Waals surface area contributed by atoms with Crippen molar-refractivity contribution in [2.75, 3.05) is 19.1 Å². The van der Waals surface area contributed by atoms with Crippen molar-refractivity contribution >= 4 is 29.1 Å². The van der Waals surface area contributed by atoms with Gasteiger partial charge in [-0.15, -0.1) is 11.3 Å². The van der Waals surface area contributed by atoms with Crippen LogP contribution in [0.4, 0.5) is 5.69 Å². The Hall–Kier alpha value is -2.27. The normalized spacial score (nSPS) is 10.8. The largest absolute Gasteiger partial charge is 0.495 e. The molecule has 0 saturated heterocycles. The number of carboxylic acid groups (broad SMARTS) is 1. The van der Waals surface area contributed by atoms with Crippen LogP contribution in [0.3, 0.4) is 0 Å². The zero-order valence-corrected chi connectivity index (χ0v) is 12.8. The van der Waals surface area contributed by atoms with Crippen LogP contribution >= 0.6 is 11.3 Å². The van der Waals surface area contributed by atoms with Crippen molar-refractivity contribution in [3.8, 4) is 5.75 Å². The highest BCUT2D eigenvalue weighted by Gasteiger charge is 2.09. The van der Waals surface area contributed by atoms with Crippen molar-refractivity contribution in [3.63, 3.8) is 0 Å². The van der Waals surface area contributed by atoms with Gasteiger partial charge in [-0.05, 0) is 30.3 Å². The van der Waals surface area contributed by atoms with Gasteiger partial charge in [0, 0.05) is 22.9 Å². The van der Waals surface area contributed by atoms with Crippen LogP contribution < -0.4 is 9.64 Å². The standard InChI is InChI=1S/C16H17NO3S/c1-17(14-5-3-4-6-15(14)20-2)11-13-8-7-12(21-13)9-10-16(18)19/h3-10H,11H2,1-2H3,(H,18,19). The number of hydrogen-bond donors (Lipinski definition) is 1. The molecule has 0 aliphatic rings. The number of nitrogens with zero attached hydrogens (tertiary/aromatic N) is 1. The summed E-state index contributed by atoms with van der Waals surface area (Å²) in [5, 5.41) is 8.63. The van der Waals surface area contributed by atoms with E-state index >= 15 is 0 Å². The smallest absolute Gasteiger partial charge is 0.328 e. The van der Waals surface area contributed by atoms with E-state index in [0.29, 0.717) is 0 Å². The Bertz CT molecular complexity index is 648. The molecule has 1 N–H and O–H groups in total. The number of carbonyl (C=O) groups is 1. The molecule has 2 aromatic rings. The Morgan fingerprint density at radius 1 is 1.33 bits per heavy atom. The van der Waals surface area contributed by atoms with Crippen LogP contribution in [0, 0.1) is 0 Å². The van der Waals surface area contributed by atoms with Crippen LogP contribution in [0.5, 0.6) is 5.75 Å². The molecule has 1 heterocycles. The number of benzene rings is 1. The van der Waals surface area contributed by atoms with E-state index in [9.17, 15) is 4.79 Å². The van der Waals surface area contributed by atoms with Gasteiger partial charge in [0.25, 0.3) is 0 Å². The number of carboxylic acids is 1. The molecule has 0 atom stereocenters. The fourth-order valence-electron chi connectivity index (χ4n) is 1.99. The molecule has 110 valence electrons. The number of ether oxygens (including phenoxy) is 1. The van der Waals surface area contributed by atoms with Crippen molar-refractivity contribution in [3.05, 3.63) is 52.2 Å². The molecule has 0 radical (unpaired) electrons. The lowest BCUT2D eigenvalue weighted by atomic mass is 10.2. The van der Waals surface area contributed by atoms with Gasteiger partial charge < -0.3 is 14.7 Å². The first-order chi connectivity index (χ1) is 10.1. The topological polar surface area (TPSA) is 49.8 Å². The summed E-state index contributed by atoms with van der Waals surface area (Å²) in [5.74, 6) is -0.0985. The van der Waals surface area contributed by atoms with Crippen molar-refractivity contribution in [2.45, 2.75) is 6.54 Å². The van der Waals surface area contributed by atoms with Gasteiger partial charge in [0.2, 0.25) is 0 Å². The van der Waals surface area contributed by atoms with E-state index in [-0.39, 0.29) is 0 Å².